The second kappa shape index (κ2) is 8.08. The van der Waals surface area contributed by atoms with Gasteiger partial charge in [0.25, 0.3) is 0 Å². The number of hydrogen-bond donors (Lipinski definition) is 2. The Morgan fingerprint density at radius 1 is 1.33 bits per heavy atom. The van der Waals surface area contributed by atoms with Crippen LogP contribution in [-0.2, 0) is 6.54 Å². The molecule has 4 heteroatoms. The van der Waals surface area contributed by atoms with Gasteiger partial charge in [0.1, 0.15) is 5.75 Å². The van der Waals surface area contributed by atoms with E-state index in [0.717, 1.165) is 24.3 Å². The third-order valence-electron chi connectivity index (χ3n) is 2.69. The van der Waals surface area contributed by atoms with Crippen molar-refractivity contribution in [2.24, 2.45) is 5.73 Å². The highest BCUT2D eigenvalue weighted by atomic mass is 16.5. The highest BCUT2D eigenvalue weighted by Crippen LogP contribution is 2.11. The average molecular weight is 252 g/mol. The Morgan fingerprint density at radius 2 is 2.00 bits per heavy atom. The molecule has 18 heavy (non-hydrogen) atoms. The van der Waals surface area contributed by atoms with E-state index >= 15 is 0 Å². The summed E-state index contributed by atoms with van der Waals surface area (Å²) in [7, 11) is 2.00. The first kappa shape index (κ1) is 15.0. The molecule has 1 unspecified atom stereocenters. The molecule has 0 saturated heterocycles. The molecule has 1 aromatic rings. The lowest BCUT2D eigenvalue weighted by molar-refractivity contribution is 0.137. The molecule has 4 nitrogen and oxygen atoms in total. The van der Waals surface area contributed by atoms with Gasteiger partial charge in [0, 0.05) is 19.6 Å². The number of benzene rings is 1. The zero-order valence-corrected chi connectivity index (χ0v) is 11.3. The third-order valence-corrected chi connectivity index (χ3v) is 2.69. The Morgan fingerprint density at radius 3 is 2.56 bits per heavy atom. The maximum absolute atomic E-state index is 9.22. The van der Waals surface area contributed by atoms with Crippen LogP contribution in [0.2, 0.25) is 0 Å². The van der Waals surface area contributed by atoms with Gasteiger partial charge in [0.05, 0.1) is 12.7 Å². The maximum atomic E-state index is 9.22. The molecular weight excluding hydrogens is 228 g/mol. The van der Waals surface area contributed by atoms with E-state index < -0.39 is 0 Å². The quantitative estimate of drug-likeness (QED) is 0.683. The number of hydrogen-bond acceptors (Lipinski definition) is 4. The molecule has 0 fully saturated rings. The summed E-state index contributed by atoms with van der Waals surface area (Å²) in [6, 6.07) is 7.85. The molecule has 0 aromatic heterocycles. The van der Waals surface area contributed by atoms with Crippen molar-refractivity contribution in [3.05, 3.63) is 29.8 Å². The summed E-state index contributed by atoms with van der Waals surface area (Å²) >= 11 is 0. The van der Waals surface area contributed by atoms with E-state index in [1.807, 2.05) is 31.3 Å². The number of aliphatic hydroxyl groups is 1. The van der Waals surface area contributed by atoms with E-state index in [4.69, 9.17) is 10.5 Å². The molecule has 1 atom stereocenters. The molecule has 1 rings (SSSR count). The standard InChI is InChI=1S/C14H24N2O2/c1-12(17)11-16(2)8-3-9-18-14-6-4-13(10-15)5-7-14/h4-7,12,17H,3,8-11,15H2,1-2H3. The van der Waals surface area contributed by atoms with Gasteiger partial charge in [-0.05, 0) is 38.1 Å². The molecule has 0 radical (unpaired) electrons. The summed E-state index contributed by atoms with van der Waals surface area (Å²) in [5.74, 6) is 0.880. The Labute approximate surface area is 109 Å². The molecule has 0 bridgehead atoms. The normalized spacial score (nSPS) is 12.7. The fourth-order valence-corrected chi connectivity index (χ4v) is 1.79. The molecule has 0 spiro atoms. The van der Waals surface area contributed by atoms with Crippen LogP contribution in [0, 0.1) is 0 Å². The van der Waals surface area contributed by atoms with Crippen LogP contribution in [0.1, 0.15) is 18.9 Å². The molecule has 102 valence electrons. The minimum atomic E-state index is -0.278. The molecule has 0 amide bonds. The Hall–Kier alpha value is -1.10. The highest BCUT2D eigenvalue weighted by molar-refractivity contribution is 5.26. The van der Waals surface area contributed by atoms with Gasteiger partial charge in [-0.3, -0.25) is 0 Å². The summed E-state index contributed by atoms with van der Waals surface area (Å²) < 4.78 is 5.63. The Kier molecular flexibility index (Phi) is 6.72. The molecule has 0 heterocycles. The van der Waals surface area contributed by atoms with Gasteiger partial charge in [0.15, 0.2) is 0 Å². The lowest BCUT2D eigenvalue weighted by Crippen LogP contribution is -2.28. The second-order valence-electron chi connectivity index (χ2n) is 4.66. The number of likely N-dealkylation sites (N-methyl/N-ethyl adjacent to an activating group) is 1. The molecular formula is C14H24N2O2. The minimum Gasteiger partial charge on any atom is -0.494 e. The van der Waals surface area contributed by atoms with Crippen molar-refractivity contribution in [1.82, 2.24) is 4.90 Å². The number of ether oxygens (including phenoxy) is 1. The van der Waals surface area contributed by atoms with Gasteiger partial charge < -0.3 is 20.5 Å². The van der Waals surface area contributed by atoms with Gasteiger partial charge in [-0.25, -0.2) is 0 Å². The van der Waals surface area contributed by atoms with Crippen LogP contribution >= 0.6 is 0 Å². The zero-order chi connectivity index (χ0) is 13.4. The van der Waals surface area contributed by atoms with E-state index in [1.165, 1.54) is 0 Å². The SMILES string of the molecule is CC(O)CN(C)CCCOc1ccc(CN)cc1. The lowest BCUT2D eigenvalue weighted by Gasteiger charge is -2.18. The molecule has 0 aliphatic rings. The fraction of sp³-hybridized carbons (Fsp3) is 0.571. The Bertz CT molecular complexity index is 325. The second-order valence-corrected chi connectivity index (χ2v) is 4.66. The van der Waals surface area contributed by atoms with Crippen LogP contribution in [-0.4, -0.2) is 42.9 Å². The molecule has 0 saturated carbocycles. The van der Waals surface area contributed by atoms with Crippen molar-refractivity contribution in [3.63, 3.8) is 0 Å². The van der Waals surface area contributed by atoms with Crippen molar-refractivity contribution in [1.29, 1.82) is 0 Å². The summed E-state index contributed by atoms with van der Waals surface area (Å²) in [6.07, 6.45) is 0.668. The third kappa shape index (κ3) is 6.00. The molecule has 3 N–H and O–H groups in total. The number of nitrogens with two attached hydrogens (primary N) is 1. The van der Waals surface area contributed by atoms with E-state index in [-0.39, 0.29) is 6.10 Å². The predicted molar refractivity (Wildman–Crippen MR) is 73.6 cm³/mol. The van der Waals surface area contributed by atoms with E-state index in [9.17, 15) is 5.11 Å². The lowest BCUT2D eigenvalue weighted by atomic mass is 10.2. The smallest absolute Gasteiger partial charge is 0.119 e. The van der Waals surface area contributed by atoms with Crippen LogP contribution in [0.15, 0.2) is 24.3 Å². The fourth-order valence-electron chi connectivity index (χ4n) is 1.79. The minimum absolute atomic E-state index is 0.278. The van der Waals surface area contributed by atoms with Crippen LogP contribution in [0.3, 0.4) is 0 Å². The van der Waals surface area contributed by atoms with E-state index in [0.29, 0.717) is 19.7 Å². The molecule has 1 aromatic carbocycles. The van der Waals surface area contributed by atoms with Gasteiger partial charge in [0.2, 0.25) is 0 Å². The van der Waals surface area contributed by atoms with Crippen molar-refractivity contribution in [2.45, 2.75) is 26.0 Å². The van der Waals surface area contributed by atoms with Crippen LogP contribution in [0.4, 0.5) is 0 Å². The summed E-state index contributed by atoms with van der Waals surface area (Å²) in [5.41, 5.74) is 6.64. The average Bonchev–Trinajstić information content (AvgIpc) is 2.34. The van der Waals surface area contributed by atoms with Gasteiger partial charge in [-0.1, -0.05) is 12.1 Å². The maximum Gasteiger partial charge on any atom is 0.119 e. The Balaban J connectivity index is 2.17. The topological polar surface area (TPSA) is 58.7 Å². The summed E-state index contributed by atoms with van der Waals surface area (Å²) in [5, 5.41) is 9.22. The molecule has 0 aliphatic heterocycles. The summed E-state index contributed by atoms with van der Waals surface area (Å²) in [4.78, 5) is 2.10. The predicted octanol–water partition coefficient (Wildman–Crippen LogP) is 1.23. The van der Waals surface area contributed by atoms with Gasteiger partial charge >= 0.3 is 0 Å². The van der Waals surface area contributed by atoms with Crippen LogP contribution < -0.4 is 10.5 Å². The largest absolute Gasteiger partial charge is 0.494 e. The molecule has 0 aliphatic carbocycles. The first-order chi connectivity index (χ1) is 8.61. The first-order valence-electron chi connectivity index (χ1n) is 6.40. The van der Waals surface area contributed by atoms with Crippen molar-refractivity contribution in [3.8, 4) is 5.75 Å². The van der Waals surface area contributed by atoms with Crippen LogP contribution in [0.5, 0.6) is 5.75 Å². The first-order valence-corrected chi connectivity index (χ1v) is 6.40. The van der Waals surface area contributed by atoms with Gasteiger partial charge in [-0.2, -0.15) is 0 Å². The number of aliphatic hydroxyl groups excluding tert-OH is 1. The van der Waals surface area contributed by atoms with Gasteiger partial charge in [-0.15, -0.1) is 0 Å². The summed E-state index contributed by atoms with van der Waals surface area (Å²) in [6.45, 7) is 4.67. The van der Waals surface area contributed by atoms with E-state index in [2.05, 4.69) is 4.90 Å². The zero-order valence-electron chi connectivity index (χ0n) is 11.3. The number of rotatable bonds is 8. The van der Waals surface area contributed by atoms with Crippen molar-refractivity contribution in [2.75, 3.05) is 26.7 Å². The monoisotopic (exact) mass is 252 g/mol. The van der Waals surface area contributed by atoms with Crippen LogP contribution in [0.25, 0.3) is 0 Å². The van der Waals surface area contributed by atoms with E-state index in [1.54, 1.807) is 6.92 Å². The number of nitrogens with zero attached hydrogens (tertiary/aromatic N) is 1. The van der Waals surface area contributed by atoms with Crippen molar-refractivity contribution >= 4 is 0 Å². The van der Waals surface area contributed by atoms with Crippen molar-refractivity contribution < 1.29 is 9.84 Å². The highest BCUT2D eigenvalue weighted by Gasteiger charge is 2.02.